The van der Waals surface area contributed by atoms with Crippen LogP contribution in [0.15, 0.2) is 89.8 Å². The highest BCUT2D eigenvalue weighted by molar-refractivity contribution is 9.09. The van der Waals surface area contributed by atoms with Crippen LogP contribution in [0.1, 0.15) is 47.9 Å². The number of sulfonamides is 1. The van der Waals surface area contributed by atoms with Crippen LogP contribution in [0.25, 0.3) is 0 Å². The zero-order valence-electron chi connectivity index (χ0n) is 28.6. The lowest BCUT2D eigenvalue weighted by atomic mass is 9.69. The molecule has 4 aromatic carbocycles. The van der Waals surface area contributed by atoms with Crippen molar-refractivity contribution in [2.24, 2.45) is 11.8 Å². The molecular weight excluding hydrogens is 736 g/mol. The van der Waals surface area contributed by atoms with E-state index >= 15 is 0 Å². The van der Waals surface area contributed by atoms with Crippen LogP contribution in [0.2, 0.25) is 5.02 Å². The Labute approximate surface area is 309 Å². The molecule has 1 saturated carbocycles. The van der Waals surface area contributed by atoms with Crippen molar-refractivity contribution in [3.8, 4) is 17.2 Å². The van der Waals surface area contributed by atoms with Crippen molar-refractivity contribution in [3.05, 3.63) is 112 Å². The minimum atomic E-state index is -3.95. The summed E-state index contributed by atoms with van der Waals surface area (Å²) in [6.07, 6.45) is 5.43. The van der Waals surface area contributed by atoms with Gasteiger partial charge in [0.2, 0.25) is 10.0 Å². The lowest BCUT2D eigenvalue weighted by Crippen LogP contribution is -2.48. The Morgan fingerprint density at radius 3 is 2.16 bits per heavy atom. The summed E-state index contributed by atoms with van der Waals surface area (Å²) in [5.41, 5.74) is 4.94. The van der Waals surface area contributed by atoms with E-state index < -0.39 is 10.0 Å². The molecule has 7 rings (SSSR count). The van der Waals surface area contributed by atoms with Crippen molar-refractivity contribution in [3.63, 3.8) is 0 Å². The van der Waals surface area contributed by atoms with E-state index in [1.54, 1.807) is 24.6 Å². The minimum absolute atomic E-state index is 0.202. The molecule has 3 aliphatic rings. The van der Waals surface area contributed by atoms with Crippen LogP contribution in [-0.4, -0.2) is 52.0 Å². The van der Waals surface area contributed by atoms with Crippen LogP contribution in [0.3, 0.4) is 0 Å². The summed E-state index contributed by atoms with van der Waals surface area (Å²) >= 11 is 10.2. The van der Waals surface area contributed by atoms with E-state index in [-0.39, 0.29) is 23.4 Å². The Bertz CT molecular complexity index is 1870. The molecule has 0 bridgehead atoms. The third kappa shape index (κ3) is 7.11. The molecule has 4 aromatic rings. The van der Waals surface area contributed by atoms with Gasteiger partial charge < -0.3 is 19.1 Å². The van der Waals surface area contributed by atoms with Crippen molar-refractivity contribution >= 4 is 43.2 Å². The molecule has 1 spiro atoms. The average Bonchev–Trinajstić information content (AvgIpc) is 3.27. The van der Waals surface area contributed by atoms with Crippen LogP contribution in [0, 0.1) is 11.8 Å². The fourth-order valence-electron chi connectivity index (χ4n) is 7.86. The maximum atomic E-state index is 14.7. The van der Waals surface area contributed by atoms with Crippen LogP contribution in [0.4, 0.5) is 5.69 Å². The molecule has 1 aliphatic heterocycles. The standard InChI is InChI=1S/C40H44BrClN2O5S/c1-47-34-12-5-28(6-13-34)23-44(24-29-7-14-35(48-2)15-8-29)50(45,46)36-16-18-39-38(21-36)43(25-32-10-9-31(32)22-41)26-40(27-49-39)19-3-4-30-20-33(42)11-17-37(30)40/h5-8,11-18,20-21,31-32H,3-4,9-10,19,22-27H2,1-2H3/t31?,32?,40-/m0/s1. The van der Waals surface area contributed by atoms with E-state index in [4.69, 9.17) is 25.8 Å². The summed E-state index contributed by atoms with van der Waals surface area (Å²) in [6.45, 7) is 2.54. The zero-order chi connectivity index (χ0) is 34.9. The van der Waals surface area contributed by atoms with E-state index in [2.05, 4.69) is 33.0 Å². The first-order valence-corrected chi connectivity index (χ1v) is 20.3. The number of fused-ring (bicyclic) bond motifs is 3. The molecule has 3 atom stereocenters. The number of alkyl halides is 1. The molecule has 50 heavy (non-hydrogen) atoms. The topological polar surface area (TPSA) is 68.3 Å². The number of benzene rings is 4. The summed E-state index contributed by atoms with van der Waals surface area (Å²) in [5, 5.41) is 1.73. The van der Waals surface area contributed by atoms with E-state index in [0.717, 1.165) is 83.2 Å². The van der Waals surface area contributed by atoms with Gasteiger partial charge in [-0.15, -0.1) is 0 Å². The van der Waals surface area contributed by atoms with Gasteiger partial charge in [-0.05, 0) is 121 Å². The van der Waals surface area contributed by atoms with Gasteiger partial charge in [-0.2, -0.15) is 4.31 Å². The minimum Gasteiger partial charge on any atom is -0.497 e. The normalized spacial score (nSPS) is 21.5. The van der Waals surface area contributed by atoms with Gasteiger partial charge in [0.15, 0.2) is 0 Å². The number of hydrogen-bond acceptors (Lipinski definition) is 6. The smallest absolute Gasteiger partial charge is 0.243 e. The largest absolute Gasteiger partial charge is 0.497 e. The molecule has 1 fully saturated rings. The predicted octanol–water partition coefficient (Wildman–Crippen LogP) is 8.64. The van der Waals surface area contributed by atoms with Crippen molar-refractivity contribution in [2.45, 2.75) is 55.5 Å². The molecule has 2 unspecified atom stereocenters. The predicted molar refractivity (Wildman–Crippen MR) is 203 cm³/mol. The third-order valence-electron chi connectivity index (χ3n) is 10.9. The lowest BCUT2D eigenvalue weighted by Gasteiger charge is -2.44. The lowest BCUT2D eigenvalue weighted by molar-refractivity contribution is 0.190. The van der Waals surface area contributed by atoms with Crippen LogP contribution >= 0.6 is 27.5 Å². The van der Waals surface area contributed by atoms with E-state index in [1.165, 1.54) is 17.5 Å². The van der Waals surface area contributed by atoms with Crippen molar-refractivity contribution in [1.82, 2.24) is 4.31 Å². The van der Waals surface area contributed by atoms with E-state index in [0.29, 0.717) is 18.4 Å². The summed E-state index contributed by atoms with van der Waals surface area (Å²) in [4.78, 5) is 2.69. The Balaban J connectivity index is 1.26. The van der Waals surface area contributed by atoms with Gasteiger partial charge in [-0.25, -0.2) is 8.42 Å². The highest BCUT2D eigenvalue weighted by Crippen LogP contribution is 2.47. The highest BCUT2D eigenvalue weighted by atomic mass is 79.9. The zero-order valence-corrected chi connectivity index (χ0v) is 31.8. The molecule has 0 saturated heterocycles. The first-order valence-electron chi connectivity index (χ1n) is 17.3. The van der Waals surface area contributed by atoms with Gasteiger partial charge in [0.1, 0.15) is 17.2 Å². The maximum Gasteiger partial charge on any atom is 0.243 e. The number of anilines is 1. The molecule has 0 radical (unpaired) electrons. The molecule has 1 heterocycles. The van der Waals surface area contributed by atoms with Gasteiger partial charge in [-0.1, -0.05) is 57.9 Å². The Kier molecular flexibility index (Phi) is 10.4. The van der Waals surface area contributed by atoms with Crippen molar-refractivity contribution < 1.29 is 22.6 Å². The van der Waals surface area contributed by atoms with E-state index in [1.807, 2.05) is 66.7 Å². The van der Waals surface area contributed by atoms with Crippen LogP contribution in [0.5, 0.6) is 17.2 Å². The number of hydrogen-bond donors (Lipinski definition) is 0. The van der Waals surface area contributed by atoms with Gasteiger partial charge in [0.05, 0.1) is 31.4 Å². The SMILES string of the molecule is COc1ccc(CN(Cc2ccc(OC)cc2)S(=O)(=O)c2ccc3c(c2)N(CC2CCC2CBr)C[C@@]2(CCCc4cc(Cl)ccc42)CO3)cc1. The average molecular weight is 780 g/mol. The third-order valence-corrected chi connectivity index (χ3v) is 13.8. The van der Waals surface area contributed by atoms with E-state index in [9.17, 15) is 8.42 Å². The Morgan fingerprint density at radius 2 is 1.56 bits per heavy atom. The molecule has 264 valence electrons. The number of rotatable bonds is 11. The van der Waals surface area contributed by atoms with Gasteiger partial charge >= 0.3 is 0 Å². The Morgan fingerprint density at radius 1 is 0.900 bits per heavy atom. The molecule has 10 heteroatoms. The second-order valence-corrected chi connectivity index (χ2v) is 17.0. The first-order chi connectivity index (χ1) is 24.2. The second-order valence-electron chi connectivity index (χ2n) is 14.0. The monoisotopic (exact) mass is 778 g/mol. The molecule has 2 aliphatic carbocycles. The summed E-state index contributed by atoms with van der Waals surface area (Å²) < 4.78 is 48.4. The number of methoxy groups -OCH3 is 2. The van der Waals surface area contributed by atoms with Gasteiger partial charge in [-0.3, -0.25) is 0 Å². The molecule has 7 nitrogen and oxygen atoms in total. The fraction of sp³-hybridized carbons (Fsp3) is 0.400. The molecule has 0 aromatic heterocycles. The number of nitrogens with zero attached hydrogens (tertiary/aromatic N) is 2. The summed E-state index contributed by atoms with van der Waals surface area (Å²) in [6, 6.07) is 26.8. The van der Waals surface area contributed by atoms with Gasteiger partial charge in [0.25, 0.3) is 0 Å². The summed E-state index contributed by atoms with van der Waals surface area (Å²) in [5.74, 6) is 3.30. The highest BCUT2D eigenvalue weighted by Gasteiger charge is 2.43. The second kappa shape index (κ2) is 14.8. The number of aryl methyl sites for hydroxylation is 1. The maximum absolute atomic E-state index is 14.7. The van der Waals surface area contributed by atoms with Gasteiger partial charge in [0, 0.05) is 41.9 Å². The van der Waals surface area contributed by atoms with Crippen molar-refractivity contribution in [2.75, 3.05) is 44.1 Å². The fourth-order valence-corrected chi connectivity index (χ4v) is 10.3. The number of halogens is 2. The Hall–Kier alpha value is -3.24. The molecule has 0 N–H and O–H groups in total. The van der Waals surface area contributed by atoms with Crippen LogP contribution in [-0.2, 0) is 34.9 Å². The number of ether oxygens (including phenoxy) is 3. The first kappa shape index (κ1) is 35.2. The molecular formula is C40H44BrClN2O5S. The van der Waals surface area contributed by atoms with Crippen LogP contribution < -0.4 is 19.1 Å². The molecule has 0 amide bonds. The van der Waals surface area contributed by atoms with Crippen molar-refractivity contribution in [1.29, 1.82) is 0 Å². The summed E-state index contributed by atoms with van der Waals surface area (Å²) in [7, 11) is -0.711. The quantitative estimate of drug-likeness (QED) is 0.142.